The second kappa shape index (κ2) is 8.18. The Morgan fingerprint density at radius 2 is 2.12 bits per heavy atom. The van der Waals surface area contributed by atoms with Gasteiger partial charge < -0.3 is 9.84 Å². The number of rotatable bonds is 7. The molecule has 0 aliphatic carbocycles. The second-order valence-corrected chi connectivity index (χ2v) is 7.21. The number of aromatic nitrogens is 3. The number of hydrogen-bond donors (Lipinski definition) is 1. The first-order chi connectivity index (χ1) is 12.5. The van der Waals surface area contributed by atoms with E-state index in [1.54, 1.807) is 16.7 Å². The highest BCUT2D eigenvalue weighted by molar-refractivity contribution is 7.99. The molecule has 0 radical (unpaired) electrons. The van der Waals surface area contributed by atoms with Crippen LogP contribution in [0.25, 0.3) is 10.9 Å². The molecule has 136 valence electrons. The van der Waals surface area contributed by atoms with E-state index in [0.717, 1.165) is 6.42 Å². The molecule has 1 amide bonds. The van der Waals surface area contributed by atoms with Crippen molar-refractivity contribution < 1.29 is 9.32 Å². The largest absolute Gasteiger partial charge is 0.363 e. The third-order valence-corrected chi connectivity index (χ3v) is 4.77. The molecule has 7 nitrogen and oxygen atoms in total. The molecule has 0 saturated carbocycles. The van der Waals surface area contributed by atoms with Crippen LogP contribution < -0.4 is 10.9 Å². The maximum atomic E-state index is 12.8. The summed E-state index contributed by atoms with van der Waals surface area (Å²) in [6.45, 7) is 4.79. The fraction of sp³-hybridized carbons (Fsp3) is 0.333. The van der Waals surface area contributed by atoms with E-state index >= 15 is 0 Å². The molecule has 0 unspecified atom stereocenters. The van der Waals surface area contributed by atoms with Crippen LogP contribution >= 0.6 is 11.8 Å². The van der Waals surface area contributed by atoms with Gasteiger partial charge in [-0.1, -0.05) is 42.9 Å². The Balaban J connectivity index is 1.83. The van der Waals surface area contributed by atoms with Gasteiger partial charge >= 0.3 is 0 Å². The number of carbonyl (C=O) groups excluding carboxylic acids is 1. The van der Waals surface area contributed by atoms with Crippen LogP contribution in [0.2, 0.25) is 0 Å². The summed E-state index contributed by atoms with van der Waals surface area (Å²) in [5.74, 6) is 0.710. The smallest absolute Gasteiger partial charge is 0.262 e. The summed E-state index contributed by atoms with van der Waals surface area (Å²) < 4.78 is 6.35. The highest BCUT2D eigenvalue weighted by Crippen LogP contribution is 2.19. The number of nitrogens with zero attached hydrogens (tertiary/aromatic N) is 3. The maximum absolute atomic E-state index is 12.8. The third-order valence-electron chi connectivity index (χ3n) is 3.79. The number of benzene rings is 1. The zero-order valence-corrected chi connectivity index (χ0v) is 15.5. The van der Waals surface area contributed by atoms with Crippen molar-refractivity contribution in [2.75, 3.05) is 11.1 Å². The number of nitrogens with one attached hydrogen (secondary N) is 1. The van der Waals surface area contributed by atoms with E-state index < -0.39 is 0 Å². The van der Waals surface area contributed by atoms with Crippen molar-refractivity contribution in [2.24, 2.45) is 5.92 Å². The zero-order chi connectivity index (χ0) is 18.5. The highest BCUT2D eigenvalue weighted by atomic mass is 32.2. The molecule has 0 aliphatic rings. The van der Waals surface area contributed by atoms with Gasteiger partial charge in [0, 0.05) is 12.6 Å². The Kier molecular flexibility index (Phi) is 5.72. The van der Waals surface area contributed by atoms with Crippen molar-refractivity contribution >= 4 is 34.4 Å². The lowest BCUT2D eigenvalue weighted by Crippen LogP contribution is -2.25. The Bertz CT molecular complexity index is 951. The van der Waals surface area contributed by atoms with E-state index in [2.05, 4.69) is 33.8 Å². The highest BCUT2D eigenvalue weighted by Gasteiger charge is 2.14. The number of hydrogen-bond acceptors (Lipinski definition) is 6. The van der Waals surface area contributed by atoms with Gasteiger partial charge in [0.2, 0.25) is 5.91 Å². The molecule has 3 rings (SSSR count). The van der Waals surface area contributed by atoms with Gasteiger partial charge in [0.25, 0.3) is 5.56 Å². The minimum atomic E-state index is -0.235. The molecular weight excluding hydrogens is 352 g/mol. The van der Waals surface area contributed by atoms with Crippen molar-refractivity contribution in [3.63, 3.8) is 0 Å². The molecule has 0 aliphatic heterocycles. The quantitative estimate of drug-likeness (QED) is 0.506. The Hall–Kier alpha value is -2.61. The van der Waals surface area contributed by atoms with Gasteiger partial charge in [-0.05, 0) is 24.5 Å². The van der Waals surface area contributed by atoms with Crippen LogP contribution in [-0.4, -0.2) is 26.4 Å². The van der Waals surface area contributed by atoms with Crippen molar-refractivity contribution in [1.82, 2.24) is 14.7 Å². The lowest BCUT2D eigenvalue weighted by molar-refractivity contribution is -0.113. The summed E-state index contributed by atoms with van der Waals surface area (Å²) in [6.07, 6.45) is 2.25. The average Bonchev–Trinajstić information content (AvgIpc) is 3.12. The van der Waals surface area contributed by atoms with Gasteiger partial charge in [0.15, 0.2) is 11.0 Å². The minimum Gasteiger partial charge on any atom is -0.363 e. The molecular formula is C18H20N4O3S. The summed E-state index contributed by atoms with van der Waals surface area (Å²) in [6, 6.07) is 8.83. The molecule has 26 heavy (non-hydrogen) atoms. The molecule has 3 aromatic rings. The molecule has 0 atom stereocenters. The molecule has 0 saturated heterocycles. The van der Waals surface area contributed by atoms with Gasteiger partial charge in [-0.2, -0.15) is 0 Å². The first-order valence-corrected chi connectivity index (χ1v) is 9.36. The average molecular weight is 372 g/mol. The van der Waals surface area contributed by atoms with E-state index in [4.69, 9.17) is 0 Å². The SMILES string of the molecule is CC(C)CCn1c(SCC(=O)Nc2ccon2)nc2ccccc2c1=O. The molecule has 0 spiro atoms. The number of fused-ring (bicyclic) bond motifs is 1. The monoisotopic (exact) mass is 372 g/mol. The van der Waals surface area contributed by atoms with Gasteiger partial charge in [0.1, 0.15) is 6.26 Å². The van der Waals surface area contributed by atoms with E-state index in [9.17, 15) is 9.59 Å². The molecule has 2 heterocycles. The van der Waals surface area contributed by atoms with Crippen molar-refractivity contribution in [2.45, 2.75) is 32.0 Å². The van der Waals surface area contributed by atoms with Gasteiger partial charge in [0.05, 0.1) is 16.7 Å². The standard InChI is InChI=1S/C18H20N4O3S/c1-12(2)7-9-22-17(24)13-5-3-4-6-14(13)19-18(22)26-11-16(23)20-15-8-10-25-21-15/h3-6,8,10,12H,7,9,11H2,1-2H3,(H,20,21,23). The van der Waals surface area contributed by atoms with E-state index in [-0.39, 0.29) is 17.2 Å². The van der Waals surface area contributed by atoms with Crippen LogP contribution in [0.15, 0.2) is 51.1 Å². The zero-order valence-electron chi connectivity index (χ0n) is 14.6. The van der Waals surface area contributed by atoms with E-state index in [1.165, 1.54) is 18.0 Å². The number of anilines is 1. The first-order valence-electron chi connectivity index (χ1n) is 8.37. The molecule has 0 fully saturated rings. The van der Waals surface area contributed by atoms with Crippen molar-refractivity contribution in [3.8, 4) is 0 Å². The fourth-order valence-electron chi connectivity index (χ4n) is 2.43. The summed E-state index contributed by atoms with van der Waals surface area (Å²) in [5, 5.41) is 7.42. The van der Waals surface area contributed by atoms with Crippen molar-refractivity contribution in [3.05, 3.63) is 46.9 Å². The summed E-state index contributed by atoms with van der Waals surface area (Å²) in [4.78, 5) is 29.5. The maximum Gasteiger partial charge on any atom is 0.262 e. The van der Waals surface area contributed by atoms with E-state index in [0.29, 0.717) is 34.3 Å². The van der Waals surface area contributed by atoms with E-state index in [1.807, 2.05) is 18.2 Å². The normalized spacial score (nSPS) is 11.2. The fourth-order valence-corrected chi connectivity index (χ4v) is 3.25. The topological polar surface area (TPSA) is 90.0 Å². The second-order valence-electron chi connectivity index (χ2n) is 6.27. The molecule has 8 heteroatoms. The lowest BCUT2D eigenvalue weighted by atomic mass is 10.1. The number of para-hydroxylation sites is 1. The molecule has 1 N–H and O–H groups in total. The summed E-state index contributed by atoms with van der Waals surface area (Å²) >= 11 is 1.24. The summed E-state index contributed by atoms with van der Waals surface area (Å²) in [7, 11) is 0. The van der Waals surface area contributed by atoms with Crippen LogP contribution in [0.4, 0.5) is 5.82 Å². The van der Waals surface area contributed by atoms with Crippen LogP contribution in [0.5, 0.6) is 0 Å². The number of carbonyl (C=O) groups is 1. The minimum absolute atomic E-state index is 0.0735. The number of thioether (sulfide) groups is 1. The van der Waals surface area contributed by atoms with Gasteiger partial charge in [-0.25, -0.2) is 4.98 Å². The lowest BCUT2D eigenvalue weighted by Gasteiger charge is -2.14. The Morgan fingerprint density at radius 3 is 2.85 bits per heavy atom. The van der Waals surface area contributed by atoms with Gasteiger partial charge in [-0.15, -0.1) is 0 Å². The predicted molar refractivity (Wildman–Crippen MR) is 101 cm³/mol. The van der Waals surface area contributed by atoms with Crippen LogP contribution in [0, 0.1) is 5.92 Å². The predicted octanol–water partition coefficient (Wildman–Crippen LogP) is 3.16. The van der Waals surface area contributed by atoms with Crippen molar-refractivity contribution in [1.29, 1.82) is 0 Å². The Morgan fingerprint density at radius 1 is 1.31 bits per heavy atom. The summed E-state index contributed by atoms with van der Waals surface area (Å²) in [5.41, 5.74) is 0.563. The molecule has 2 aromatic heterocycles. The Labute approximate surface area is 154 Å². The molecule has 1 aromatic carbocycles. The van der Waals surface area contributed by atoms with Crippen LogP contribution in [-0.2, 0) is 11.3 Å². The van der Waals surface area contributed by atoms with Crippen LogP contribution in [0.1, 0.15) is 20.3 Å². The third kappa shape index (κ3) is 4.32. The van der Waals surface area contributed by atoms with Crippen LogP contribution in [0.3, 0.4) is 0 Å². The number of amides is 1. The first kappa shape index (κ1) is 18.2. The van der Waals surface area contributed by atoms with Gasteiger partial charge in [-0.3, -0.25) is 14.2 Å². The molecule has 0 bridgehead atoms.